The summed E-state index contributed by atoms with van der Waals surface area (Å²) in [6.45, 7) is 4.37. The van der Waals surface area contributed by atoms with Gasteiger partial charge in [-0.25, -0.2) is 0 Å². The lowest BCUT2D eigenvalue weighted by Crippen LogP contribution is -1.98. The molecule has 1 rings (SSSR count). The normalized spacial score (nSPS) is 25.7. The van der Waals surface area contributed by atoms with Crippen LogP contribution in [0.5, 0.6) is 0 Å². The van der Waals surface area contributed by atoms with Gasteiger partial charge in [0.05, 0.1) is 0 Å². The van der Waals surface area contributed by atoms with Crippen LogP contribution in [0.2, 0.25) is 0 Å². The molecule has 0 N–H and O–H groups in total. The van der Waals surface area contributed by atoms with Gasteiger partial charge < -0.3 is 0 Å². The van der Waals surface area contributed by atoms with E-state index in [2.05, 4.69) is 19.9 Å². The smallest absolute Gasteiger partial charge is 0.0395 e. The molecule has 1 heteroatoms. The average molecular weight is 157 g/mol. The van der Waals surface area contributed by atoms with Gasteiger partial charge >= 0.3 is 0 Å². The van der Waals surface area contributed by atoms with Crippen LogP contribution in [0.3, 0.4) is 0 Å². The zero-order valence-corrected chi connectivity index (χ0v) is 7.28. The van der Waals surface area contributed by atoms with E-state index < -0.39 is 0 Å². The lowest BCUT2D eigenvalue weighted by Gasteiger charge is -2.14. The largest absolute Gasteiger partial charge is 0.0844 e. The highest BCUT2D eigenvalue weighted by molar-refractivity contribution is 6.31. The molecule has 0 radical (unpaired) electrons. The maximum Gasteiger partial charge on any atom is 0.0395 e. The Morgan fingerprint density at radius 2 is 2.40 bits per heavy atom. The summed E-state index contributed by atoms with van der Waals surface area (Å²) < 4.78 is 0. The Bertz CT molecular complexity index is 177. The second-order valence-electron chi connectivity index (χ2n) is 2.85. The second kappa shape index (κ2) is 3.25. The van der Waals surface area contributed by atoms with Crippen molar-refractivity contribution in [2.75, 3.05) is 0 Å². The summed E-state index contributed by atoms with van der Waals surface area (Å²) in [4.78, 5) is 0. The third-order valence-electron chi connectivity index (χ3n) is 1.90. The predicted molar refractivity (Wildman–Crippen MR) is 46.1 cm³/mol. The van der Waals surface area contributed by atoms with Crippen LogP contribution in [0.25, 0.3) is 0 Å². The van der Waals surface area contributed by atoms with Gasteiger partial charge in [-0.05, 0) is 24.8 Å². The predicted octanol–water partition coefficient (Wildman–Crippen LogP) is 3.49. The van der Waals surface area contributed by atoms with Crippen LogP contribution in [-0.4, -0.2) is 0 Å². The van der Waals surface area contributed by atoms with Crippen LogP contribution in [0, 0.1) is 5.92 Å². The Hall–Kier alpha value is -0.230. The number of rotatable bonds is 1. The molecular weight excluding hydrogens is 144 g/mol. The van der Waals surface area contributed by atoms with Crippen molar-refractivity contribution >= 4 is 11.6 Å². The standard InChI is InChI=1S/C9H13Cl/c1-3-8-6-7(2)4-5-9(8)10/h4-5,7H,3,6H2,1-2H3. The Morgan fingerprint density at radius 1 is 1.70 bits per heavy atom. The molecule has 1 aliphatic carbocycles. The van der Waals surface area contributed by atoms with E-state index >= 15 is 0 Å². The van der Waals surface area contributed by atoms with Crippen LogP contribution >= 0.6 is 11.6 Å². The number of allylic oxidation sites excluding steroid dienone is 4. The molecule has 0 aromatic carbocycles. The molecule has 0 aliphatic heterocycles. The molecule has 0 amide bonds. The summed E-state index contributed by atoms with van der Waals surface area (Å²) in [5, 5.41) is 0.959. The second-order valence-corrected chi connectivity index (χ2v) is 3.25. The van der Waals surface area contributed by atoms with Gasteiger partial charge in [0.1, 0.15) is 0 Å². The summed E-state index contributed by atoms with van der Waals surface area (Å²) in [6, 6.07) is 0. The fourth-order valence-corrected chi connectivity index (χ4v) is 1.52. The molecule has 1 unspecified atom stereocenters. The maximum atomic E-state index is 5.94. The molecule has 0 aromatic rings. The summed E-state index contributed by atoms with van der Waals surface area (Å²) in [5.74, 6) is 0.678. The van der Waals surface area contributed by atoms with Gasteiger partial charge in [-0.2, -0.15) is 0 Å². The van der Waals surface area contributed by atoms with Gasteiger partial charge in [0.2, 0.25) is 0 Å². The van der Waals surface area contributed by atoms with E-state index in [4.69, 9.17) is 11.6 Å². The first kappa shape index (κ1) is 7.87. The molecule has 0 bridgehead atoms. The van der Waals surface area contributed by atoms with E-state index in [-0.39, 0.29) is 0 Å². The fourth-order valence-electron chi connectivity index (χ4n) is 1.23. The quantitative estimate of drug-likeness (QED) is 0.545. The minimum absolute atomic E-state index is 0.678. The van der Waals surface area contributed by atoms with E-state index in [9.17, 15) is 0 Å². The lowest BCUT2D eigenvalue weighted by molar-refractivity contribution is 0.687. The van der Waals surface area contributed by atoms with Gasteiger partial charge in [-0.1, -0.05) is 37.1 Å². The van der Waals surface area contributed by atoms with E-state index in [0.29, 0.717) is 5.92 Å². The van der Waals surface area contributed by atoms with Crippen molar-refractivity contribution in [3.63, 3.8) is 0 Å². The molecule has 0 fully saturated rings. The first-order valence-electron chi connectivity index (χ1n) is 3.79. The number of halogens is 1. The zero-order valence-electron chi connectivity index (χ0n) is 6.52. The van der Waals surface area contributed by atoms with Crippen LogP contribution in [-0.2, 0) is 0 Å². The van der Waals surface area contributed by atoms with E-state index in [0.717, 1.165) is 17.9 Å². The van der Waals surface area contributed by atoms with Crippen LogP contribution < -0.4 is 0 Å². The van der Waals surface area contributed by atoms with Crippen molar-refractivity contribution in [2.45, 2.75) is 26.7 Å². The third-order valence-corrected chi connectivity index (χ3v) is 2.30. The number of hydrogen-bond acceptors (Lipinski definition) is 0. The van der Waals surface area contributed by atoms with Gasteiger partial charge in [-0.15, -0.1) is 0 Å². The Morgan fingerprint density at radius 3 is 2.90 bits per heavy atom. The van der Waals surface area contributed by atoms with E-state index in [1.54, 1.807) is 0 Å². The van der Waals surface area contributed by atoms with Crippen molar-refractivity contribution in [1.82, 2.24) is 0 Å². The summed E-state index contributed by atoms with van der Waals surface area (Å²) >= 11 is 5.94. The van der Waals surface area contributed by atoms with Crippen molar-refractivity contribution < 1.29 is 0 Å². The Balaban J connectivity index is 2.74. The molecule has 0 spiro atoms. The highest BCUT2D eigenvalue weighted by atomic mass is 35.5. The van der Waals surface area contributed by atoms with Crippen molar-refractivity contribution in [3.8, 4) is 0 Å². The summed E-state index contributed by atoms with van der Waals surface area (Å²) in [6.07, 6.45) is 6.43. The average Bonchev–Trinajstić information content (AvgIpc) is 1.94. The molecular formula is C9H13Cl. The van der Waals surface area contributed by atoms with Gasteiger partial charge in [-0.3, -0.25) is 0 Å². The van der Waals surface area contributed by atoms with Gasteiger partial charge in [0.25, 0.3) is 0 Å². The first-order valence-corrected chi connectivity index (χ1v) is 4.17. The SMILES string of the molecule is CCC1=C(Cl)C=CC(C)C1. The van der Waals surface area contributed by atoms with E-state index in [1.165, 1.54) is 5.57 Å². The number of hydrogen-bond donors (Lipinski definition) is 0. The molecule has 0 nitrogen and oxygen atoms in total. The lowest BCUT2D eigenvalue weighted by atomic mass is 9.94. The Labute approximate surface area is 67.6 Å². The molecule has 0 saturated carbocycles. The van der Waals surface area contributed by atoms with E-state index in [1.807, 2.05) is 6.08 Å². The van der Waals surface area contributed by atoms with Gasteiger partial charge in [0, 0.05) is 5.03 Å². The van der Waals surface area contributed by atoms with Crippen molar-refractivity contribution in [3.05, 3.63) is 22.8 Å². The highest BCUT2D eigenvalue weighted by Gasteiger charge is 2.09. The van der Waals surface area contributed by atoms with Crippen molar-refractivity contribution in [1.29, 1.82) is 0 Å². The van der Waals surface area contributed by atoms with Crippen LogP contribution in [0.1, 0.15) is 26.7 Å². The van der Waals surface area contributed by atoms with Crippen LogP contribution in [0.4, 0.5) is 0 Å². The fraction of sp³-hybridized carbons (Fsp3) is 0.556. The maximum absolute atomic E-state index is 5.94. The molecule has 0 saturated heterocycles. The topological polar surface area (TPSA) is 0 Å². The molecule has 0 heterocycles. The van der Waals surface area contributed by atoms with Crippen molar-refractivity contribution in [2.24, 2.45) is 5.92 Å². The minimum atomic E-state index is 0.678. The minimum Gasteiger partial charge on any atom is -0.0844 e. The van der Waals surface area contributed by atoms with Gasteiger partial charge in [0.15, 0.2) is 0 Å². The van der Waals surface area contributed by atoms with Crippen LogP contribution in [0.15, 0.2) is 22.8 Å². The first-order chi connectivity index (χ1) is 4.74. The molecule has 1 atom stereocenters. The molecule has 1 aliphatic rings. The third kappa shape index (κ3) is 1.63. The summed E-state index contributed by atoms with van der Waals surface area (Å²) in [7, 11) is 0. The Kier molecular flexibility index (Phi) is 2.56. The molecule has 56 valence electrons. The monoisotopic (exact) mass is 156 g/mol. The molecule has 10 heavy (non-hydrogen) atoms. The zero-order chi connectivity index (χ0) is 7.56. The summed E-state index contributed by atoms with van der Waals surface area (Å²) in [5.41, 5.74) is 1.40. The molecule has 0 aromatic heterocycles. The highest BCUT2D eigenvalue weighted by Crippen LogP contribution is 2.27.